The first-order chi connectivity index (χ1) is 14.7. The summed E-state index contributed by atoms with van der Waals surface area (Å²) in [5.41, 5.74) is 6.33. The van der Waals surface area contributed by atoms with E-state index in [9.17, 15) is 9.90 Å². The molecule has 1 N–H and O–H groups in total. The number of hydrogen-bond donors (Lipinski definition) is 1. The number of carboxylic acid groups (broad SMARTS) is 1. The number of benzene rings is 3. The van der Waals surface area contributed by atoms with Crippen LogP contribution in [0, 0.1) is 0 Å². The van der Waals surface area contributed by atoms with Crippen LogP contribution in [-0.4, -0.2) is 21.3 Å². The van der Waals surface area contributed by atoms with Crippen LogP contribution < -0.4 is 0 Å². The molecule has 0 spiro atoms. The lowest BCUT2D eigenvalue weighted by Crippen LogP contribution is -2.03. The van der Waals surface area contributed by atoms with E-state index in [0.29, 0.717) is 5.56 Å². The van der Waals surface area contributed by atoms with E-state index in [1.807, 2.05) is 42.5 Å². The molecule has 0 aliphatic rings. The van der Waals surface area contributed by atoms with Gasteiger partial charge in [0.15, 0.2) is 0 Å². The number of aryl methyl sites for hydroxylation is 1. The lowest BCUT2D eigenvalue weighted by Gasteiger charge is -2.12. The fourth-order valence-electron chi connectivity index (χ4n) is 3.82. The first-order valence-electron chi connectivity index (χ1n) is 10.3. The van der Waals surface area contributed by atoms with Crippen LogP contribution in [0.3, 0.4) is 0 Å². The fraction of sp³-hybridized carbons (Fsp3) is 0.192. The molecule has 3 aromatic carbocycles. The van der Waals surface area contributed by atoms with E-state index in [0.717, 1.165) is 53.4 Å². The maximum atomic E-state index is 11.5. The van der Waals surface area contributed by atoms with Crippen molar-refractivity contribution in [3.8, 4) is 11.1 Å². The Hall–Kier alpha value is -3.53. The molecule has 0 saturated carbocycles. The molecular formula is C26H24N2O2. The van der Waals surface area contributed by atoms with E-state index < -0.39 is 5.97 Å². The van der Waals surface area contributed by atoms with Crippen molar-refractivity contribution >= 4 is 16.9 Å². The van der Waals surface area contributed by atoms with Crippen molar-refractivity contribution < 1.29 is 9.90 Å². The highest BCUT2D eigenvalue weighted by Gasteiger charge is 2.13. The molecule has 0 fully saturated rings. The minimum absolute atomic E-state index is 0.316. The third kappa shape index (κ3) is 4.08. The molecule has 4 heteroatoms. The topological polar surface area (TPSA) is 63.1 Å². The van der Waals surface area contributed by atoms with Gasteiger partial charge < -0.3 is 5.11 Å². The average molecular weight is 396 g/mol. The van der Waals surface area contributed by atoms with Gasteiger partial charge in [-0.25, -0.2) is 4.79 Å². The van der Waals surface area contributed by atoms with Crippen LogP contribution in [0.2, 0.25) is 0 Å². The molecule has 1 aromatic heterocycles. The summed E-state index contributed by atoms with van der Waals surface area (Å²) in [6.07, 6.45) is 3.90. The van der Waals surface area contributed by atoms with Gasteiger partial charge in [-0.15, -0.1) is 0 Å². The Morgan fingerprint density at radius 1 is 0.900 bits per heavy atom. The quantitative estimate of drug-likeness (QED) is 0.421. The Morgan fingerprint density at radius 2 is 1.63 bits per heavy atom. The molecule has 0 amide bonds. The number of hydrogen-bond acceptors (Lipinski definition) is 3. The number of unbranched alkanes of at least 4 members (excludes halogenated alkanes) is 1. The second-order valence-corrected chi connectivity index (χ2v) is 7.47. The Balaban J connectivity index is 1.69. The Kier molecular flexibility index (Phi) is 5.84. The third-order valence-corrected chi connectivity index (χ3v) is 5.43. The summed E-state index contributed by atoms with van der Waals surface area (Å²) < 4.78 is 0. The number of carbonyl (C=O) groups is 1. The van der Waals surface area contributed by atoms with Crippen LogP contribution in [-0.2, 0) is 12.8 Å². The Morgan fingerprint density at radius 3 is 2.40 bits per heavy atom. The van der Waals surface area contributed by atoms with Crippen molar-refractivity contribution in [2.24, 2.45) is 0 Å². The second-order valence-electron chi connectivity index (χ2n) is 7.47. The maximum Gasteiger partial charge on any atom is 0.336 e. The van der Waals surface area contributed by atoms with Crippen molar-refractivity contribution in [1.82, 2.24) is 10.2 Å². The third-order valence-electron chi connectivity index (χ3n) is 5.43. The number of carboxylic acids is 1. The van der Waals surface area contributed by atoms with E-state index in [2.05, 4.69) is 35.3 Å². The molecule has 4 aromatic rings. The van der Waals surface area contributed by atoms with Crippen molar-refractivity contribution in [1.29, 1.82) is 0 Å². The summed E-state index contributed by atoms with van der Waals surface area (Å²) in [5.74, 6) is -0.912. The SMILES string of the molecule is CCCCc1nnc2ccccc2c1Cc1ccc(-c2ccccc2C(=O)O)cc1. The van der Waals surface area contributed by atoms with Gasteiger partial charge in [0.2, 0.25) is 0 Å². The molecule has 30 heavy (non-hydrogen) atoms. The van der Waals surface area contributed by atoms with Gasteiger partial charge >= 0.3 is 5.97 Å². The van der Waals surface area contributed by atoms with Gasteiger partial charge in [0.25, 0.3) is 0 Å². The minimum Gasteiger partial charge on any atom is -0.478 e. The van der Waals surface area contributed by atoms with Gasteiger partial charge in [-0.1, -0.05) is 74.0 Å². The summed E-state index contributed by atoms with van der Waals surface area (Å²) in [6.45, 7) is 2.18. The molecule has 0 bridgehead atoms. The van der Waals surface area contributed by atoms with Crippen LogP contribution >= 0.6 is 0 Å². The summed E-state index contributed by atoms with van der Waals surface area (Å²) in [6, 6.07) is 23.4. The number of aromatic nitrogens is 2. The molecule has 0 radical (unpaired) electrons. The molecule has 4 rings (SSSR count). The van der Waals surface area contributed by atoms with Crippen molar-refractivity contribution in [3.05, 3.63) is 95.2 Å². The molecular weight excluding hydrogens is 372 g/mol. The second kappa shape index (κ2) is 8.87. The van der Waals surface area contributed by atoms with Crippen LogP contribution in [0.1, 0.15) is 46.9 Å². The zero-order chi connectivity index (χ0) is 20.9. The van der Waals surface area contributed by atoms with Crippen LogP contribution in [0.25, 0.3) is 22.0 Å². The highest BCUT2D eigenvalue weighted by molar-refractivity contribution is 5.96. The fourth-order valence-corrected chi connectivity index (χ4v) is 3.82. The summed E-state index contributed by atoms with van der Waals surface area (Å²) >= 11 is 0. The molecule has 0 saturated heterocycles. The van der Waals surface area contributed by atoms with Gasteiger partial charge in [0, 0.05) is 5.39 Å². The minimum atomic E-state index is -0.912. The van der Waals surface area contributed by atoms with E-state index in [-0.39, 0.29) is 0 Å². The van der Waals surface area contributed by atoms with Crippen LogP contribution in [0.5, 0.6) is 0 Å². The number of nitrogens with zero attached hydrogens (tertiary/aromatic N) is 2. The predicted molar refractivity (Wildman–Crippen MR) is 120 cm³/mol. The van der Waals surface area contributed by atoms with E-state index in [1.54, 1.807) is 12.1 Å². The van der Waals surface area contributed by atoms with E-state index in [1.165, 1.54) is 11.1 Å². The van der Waals surface area contributed by atoms with Crippen molar-refractivity contribution in [2.45, 2.75) is 32.6 Å². The lowest BCUT2D eigenvalue weighted by atomic mass is 9.94. The normalized spacial score (nSPS) is 11.0. The Bertz CT molecular complexity index is 1180. The predicted octanol–water partition coefficient (Wildman–Crippen LogP) is 5.93. The average Bonchev–Trinajstić information content (AvgIpc) is 2.79. The molecule has 0 aliphatic carbocycles. The first-order valence-corrected chi connectivity index (χ1v) is 10.3. The molecule has 150 valence electrons. The standard InChI is InChI=1S/C26H24N2O2/c1-2-3-11-25-23(21-9-6-7-12-24(21)27-28-25)17-18-13-15-19(16-14-18)20-8-4-5-10-22(20)26(29)30/h4-10,12-16H,2-3,11,17H2,1H3,(H,29,30). The van der Waals surface area contributed by atoms with Gasteiger partial charge in [0.1, 0.15) is 0 Å². The van der Waals surface area contributed by atoms with Crippen LogP contribution in [0.4, 0.5) is 0 Å². The zero-order valence-electron chi connectivity index (χ0n) is 17.0. The smallest absolute Gasteiger partial charge is 0.336 e. The Labute approximate surface area is 176 Å². The van der Waals surface area contributed by atoms with Gasteiger partial charge in [0.05, 0.1) is 16.8 Å². The van der Waals surface area contributed by atoms with Gasteiger partial charge in [-0.3, -0.25) is 0 Å². The lowest BCUT2D eigenvalue weighted by molar-refractivity contribution is 0.0697. The summed E-state index contributed by atoms with van der Waals surface area (Å²) in [7, 11) is 0. The first kappa shape index (κ1) is 19.8. The number of aromatic carboxylic acids is 1. The van der Waals surface area contributed by atoms with Gasteiger partial charge in [-0.2, -0.15) is 10.2 Å². The number of rotatable bonds is 7. The molecule has 0 aliphatic heterocycles. The largest absolute Gasteiger partial charge is 0.478 e. The van der Waals surface area contributed by atoms with Gasteiger partial charge in [-0.05, 0) is 53.6 Å². The highest BCUT2D eigenvalue weighted by atomic mass is 16.4. The molecule has 0 atom stereocenters. The monoisotopic (exact) mass is 396 g/mol. The molecule has 4 nitrogen and oxygen atoms in total. The summed E-state index contributed by atoms with van der Waals surface area (Å²) in [5, 5.41) is 19.5. The van der Waals surface area contributed by atoms with E-state index >= 15 is 0 Å². The maximum absolute atomic E-state index is 11.5. The van der Waals surface area contributed by atoms with Crippen LogP contribution in [0.15, 0.2) is 72.8 Å². The van der Waals surface area contributed by atoms with E-state index in [4.69, 9.17) is 0 Å². The zero-order valence-corrected chi connectivity index (χ0v) is 17.0. The number of fused-ring (bicyclic) bond motifs is 1. The summed E-state index contributed by atoms with van der Waals surface area (Å²) in [4.78, 5) is 11.5. The molecule has 1 heterocycles. The van der Waals surface area contributed by atoms with Crippen molar-refractivity contribution in [2.75, 3.05) is 0 Å². The molecule has 0 unspecified atom stereocenters. The highest BCUT2D eigenvalue weighted by Crippen LogP contribution is 2.27. The van der Waals surface area contributed by atoms with Crippen molar-refractivity contribution in [3.63, 3.8) is 0 Å².